The summed E-state index contributed by atoms with van der Waals surface area (Å²) in [6.07, 6.45) is -1.73. The molecule has 3 aromatic rings. The van der Waals surface area contributed by atoms with Gasteiger partial charge in [-0.3, -0.25) is 20.0 Å². The van der Waals surface area contributed by atoms with Gasteiger partial charge in [-0.1, -0.05) is 29.8 Å². The predicted molar refractivity (Wildman–Crippen MR) is 123 cm³/mol. The number of benzene rings is 2. The van der Waals surface area contributed by atoms with E-state index in [0.29, 0.717) is 6.54 Å². The van der Waals surface area contributed by atoms with E-state index in [4.69, 9.17) is 21.5 Å². The number of nitrogens with one attached hydrogen (secondary N) is 2. The first kappa shape index (κ1) is 23.7. The van der Waals surface area contributed by atoms with E-state index in [-0.39, 0.29) is 27.6 Å². The third kappa shape index (κ3) is 4.47. The van der Waals surface area contributed by atoms with E-state index in [9.17, 15) is 23.1 Å². The molecule has 32 heavy (non-hydrogen) atoms. The predicted octanol–water partition coefficient (Wildman–Crippen LogP) is 1.82. The van der Waals surface area contributed by atoms with Crippen molar-refractivity contribution in [2.45, 2.75) is 18.1 Å². The molecule has 12 heteroatoms. The van der Waals surface area contributed by atoms with Crippen molar-refractivity contribution in [3.05, 3.63) is 73.5 Å². The number of halogens is 1. The minimum absolute atomic E-state index is 0.0225. The van der Waals surface area contributed by atoms with Gasteiger partial charge in [0.15, 0.2) is 6.29 Å². The summed E-state index contributed by atoms with van der Waals surface area (Å²) < 4.78 is 29.0. The number of methoxy groups -OCH3 is 1. The van der Waals surface area contributed by atoms with Crippen molar-refractivity contribution in [2.24, 2.45) is 5.14 Å². The SMILES string of the molecule is CCN(Nc1c(Nc2ccc(Cl)c(S(N)(=O)=O)c2C(O)OC)c(=O)c1=O)c1ccccc1. The maximum Gasteiger partial charge on any atom is 0.255 e. The summed E-state index contributed by atoms with van der Waals surface area (Å²) in [6.45, 7) is 2.32. The molecular weight excluding hydrogens is 460 g/mol. The van der Waals surface area contributed by atoms with Crippen molar-refractivity contribution in [2.75, 3.05) is 29.4 Å². The van der Waals surface area contributed by atoms with E-state index < -0.39 is 32.1 Å². The molecular formula is C20H21ClN4O6S. The smallest absolute Gasteiger partial charge is 0.255 e. The zero-order valence-corrected chi connectivity index (χ0v) is 18.7. The molecule has 0 fully saturated rings. The van der Waals surface area contributed by atoms with Crippen LogP contribution in [0.2, 0.25) is 5.02 Å². The van der Waals surface area contributed by atoms with Gasteiger partial charge in [0.25, 0.3) is 10.9 Å². The molecule has 5 N–H and O–H groups in total. The van der Waals surface area contributed by atoms with E-state index in [1.165, 1.54) is 12.1 Å². The number of nitrogens with zero attached hydrogens (tertiary/aromatic N) is 1. The molecule has 1 atom stereocenters. The monoisotopic (exact) mass is 480 g/mol. The lowest BCUT2D eigenvalue weighted by molar-refractivity contribution is -0.0782. The summed E-state index contributed by atoms with van der Waals surface area (Å²) in [4.78, 5) is 24.0. The van der Waals surface area contributed by atoms with Crippen LogP contribution < -0.4 is 31.7 Å². The maximum absolute atomic E-state index is 12.3. The highest BCUT2D eigenvalue weighted by Gasteiger charge is 2.29. The highest BCUT2D eigenvalue weighted by molar-refractivity contribution is 7.89. The van der Waals surface area contributed by atoms with Crippen LogP contribution in [0, 0.1) is 0 Å². The van der Waals surface area contributed by atoms with E-state index in [2.05, 4.69) is 10.7 Å². The van der Waals surface area contributed by atoms with Gasteiger partial charge in [0.05, 0.1) is 16.3 Å². The van der Waals surface area contributed by atoms with Gasteiger partial charge >= 0.3 is 0 Å². The molecule has 0 radical (unpaired) electrons. The Kier molecular flexibility index (Phi) is 6.86. The zero-order chi connectivity index (χ0) is 23.6. The number of primary sulfonamides is 1. The van der Waals surface area contributed by atoms with Gasteiger partial charge in [-0.25, -0.2) is 13.6 Å². The van der Waals surface area contributed by atoms with Gasteiger partial charge in [-0.15, -0.1) is 0 Å². The second-order valence-electron chi connectivity index (χ2n) is 6.70. The molecule has 0 amide bonds. The van der Waals surface area contributed by atoms with Crippen LogP contribution in [0.25, 0.3) is 0 Å². The first-order valence-corrected chi connectivity index (χ1v) is 11.3. The second kappa shape index (κ2) is 9.27. The van der Waals surface area contributed by atoms with Gasteiger partial charge in [0.2, 0.25) is 10.0 Å². The molecule has 0 heterocycles. The third-order valence-electron chi connectivity index (χ3n) is 4.70. The van der Waals surface area contributed by atoms with Crippen LogP contribution in [0.3, 0.4) is 0 Å². The Bertz CT molecular complexity index is 1310. The molecule has 0 bridgehead atoms. The molecule has 3 aromatic carbocycles. The number of para-hydroxylation sites is 1. The molecule has 170 valence electrons. The van der Waals surface area contributed by atoms with E-state index in [0.717, 1.165) is 12.8 Å². The second-order valence-corrected chi connectivity index (χ2v) is 8.60. The largest absolute Gasteiger partial charge is 0.364 e. The average molecular weight is 481 g/mol. The molecule has 1 unspecified atom stereocenters. The fraction of sp³-hybridized carbons (Fsp3) is 0.200. The van der Waals surface area contributed by atoms with Crippen LogP contribution in [0.4, 0.5) is 22.7 Å². The van der Waals surface area contributed by atoms with Crippen LogP contribution in [0.15, 0.2) is 56.9 Å². The number of hydrogen-bond acceptors (Lipinski definition) is 9. The topological polar surface area (TPSA) is 151 Å². The van der Waals surface area contributed by atoms with Gasteiger partial charge in [-0.2, -0.15) is 0 Å². The molecule has 3 rings (SSSR count). The van der Waals surface area contributed by atoms with Crippen LogP contribution in [-0.4, -0.2) is 27.2 Å². The summed E-state index contributed by atoms with van der Waals surface area (Å²) in [5.41, 5.74) is 1.64. The van der Waals surface area contributed by atoms with E-state index >= 15 is 0 Å². The van der Waals surface area contributed by atoms with E-state index in [1.807, 2.05) is 37.3 Å². The fourth-order valence-corrected chi connectivity index (χ4v) is 4.50. The first-order chi connectivity index (χ1) is 15.1. The summed E-state index contributed by atoms with van der Waals surface area (Å²) in [6, 6.07) is 11.7. The number of aliphatic hydroxyl groups excluding tert-OH is 1. The Hall–Kier alpha value is -2.96. The quantitative estimate of drug-likeness (QED) is 0.204. The van der Waals surface area contributed by atoms with Crippen LogP contribution in [0.1, 0.15) is 18.8 Å². The number of sulfonamides is 1. The lowest BCUT2D eigenvalue weighted by Crippen LogP contribution is -2.42. The number of hydrazine groups is 1. The number of rotatable bonds is 9. The number of hydrogen-bond donors (Lipinski definition) is 4. The Morgan fingerprint density at radius 1 is 1.12 bits per heavy atom. The zero-order valence-electron chi connectivity index (χ0n) is 17.1. The maximum atomic E-state index is 12.3. The van der Waals surface area contributed by atoms with Gasteiger partial charge in [0.1, 0.15) is 16.3 Å². The summed E-state index contributed by atoms with van der Waals surface area (Å²) in [5, 5.41) is 19.7. The fourth-order valence-electron chi connectivity index (χ4n) is 3.16. The molecule has 0 aliphatic carbocycles. The van der Waals surface area contributed by atoms with Crippen molar-refractivity contribution >= 4 is 44.4 Å². The van der Waals surface area contributed by atoms with Crippen LogP contribution in [0.5, 0.6) is 0 Å². The Morgan fingerprint density at radius 2 is 1.75 bits per heavy atom. The molecule has 0 aromatic heterocycles. The Morgan fingerprint density at radius 3 is 2.31 bits per heavy atom. The van der Waals surface area contributed by atoms with Crippen molar-refractivity contribution in [1.29, 1.82) is 0 Å². The van der Waals surface area contributed by atoms with Gasteiger partial charge in [-0.05, 0) is 31.2 Å². The average Bonchev–Trinajstić information content (AvgIpc) is 2.78. The molecule has 10 nitrogen and oxygen atoms in total. The summed E-state index contributed by atoms with van der Waals surface area (Å²) >= 11 is 6.00. The molecule has 0 saturated carbocycles. The van der Waals surface area contributed by atoms with Crippen molar-refractivity contribution in [3.63, 3.8) is 0 Å². The number of anilines is 4. The lowest BCUT2D eigenvalue weighted by Gasteiger charge is -2.27. The lowest BCUT2D eigenvalue weighted by atomic mass is 10.1. The number of aliphatic hydroxyl groups is 1. The number of nitrogens with two attached hydrogens (primary N) is 1. The highest BCUT2D eigenvalue weighted by atomic mass is 35.5. The van der Waals surface area contributed by atoms with Crippen LogP contribution >= 0.6 is 11.6 Å². The third-order valence-corrected chi connectivity index (χ3v) is 6.14. The van der Waals surface area contributed by atoms with Crippen molar-refractivity contribution in [1.82, 2.24) is 0 Å². The Balaban J connectivity index is 2.05. The normalized spacial score (nSPS) is 12.5. The molecule has 0 aliphatic rings. The molecule has 0 aliphatic heterocycles. The van der Waals surface area contributed by atoms with Crippen LogP contribution in [-0.2, 0) is 14.8 Å². The summed E-state index contributed by atoms with van der Waals surface area (Å²) in [5.74, 6) is 0. The first-order valence-electron chi connectivity index (χ1n) is 9.35. The standard InChI is InChI=1S/C20H21ClN4O6S/c1-3-25(11-7-5-4-6-8-11)24-16-15(17(26)18(16)27)23-13-10-9-12(21)19(32(22,29)30)14(13)20(28)31-2/h4-10,20,23-24,28H,3H2,1-2H3,(H2,22,29,30). The van der Waals surface area contributed by atoms with Crippen molar-refractivity contribution < 1.29 is 18.3 Å². The Labute approximate surface area is 188 Å². The highest BCUT2D eigenvalue weighted by Crippen LogP contribution is 2.37. The van der Waals surface area contributed by atoms with E-state index in [1.54, 1.807) is 5.01 Å². The van der Waals surface area contributed by atoms with Gasteiger partial charge in [0, 0.05) is 19.3 Å². The molecule has 0 spiro atoms. The molecule has 0 saturated heterocycles. The minimum atomic E-state index is -4.37. The minimum Gasteiger partial charge on any atom is -0.364 e. The summed E-state index contributed by atoms with van der Waals surface area (Å²) in [7, 11) is -3.22. The number of ether oxygens (including phenoxy) is 1. The van der Waals surface area contributed by atoms with Crippen molar-refractivity contribution in [3.8, 4) is 0 Å². The van der Waals surface area contributed by atoms with Gasteiger partial charge < -0.3 is 15.2 Å².